The van der Waals surface area contributed by atoms with Crippen LogP contribution in [0.4, 0.5) is 0 Å². The zero-order valence-electron chi connectivity index (χ0n) is 6.90. The number of carbonyl (C=O) groups excluding carboxylic acids is 2. The minimum absolute atomic E-state index is 0.213. The van der Waals surface area contributed by atoms with Gasteiger partial charge in [0, 0.05) is 5.57 Å². The van der Waals surface area contributed by atoms with Crippen LogP contribution in [0.2, 0.25) is 0 Å². The summed E-state index contributed by atoms with van der Waals surface area (Å²) in [5.74, 6) is -1.04. The van der Waals surface area contributed by atoms with Gasteiger partial charge in [-0.3, -0.25) is 9.59 Å². The van der Waals surface area contributed by atoms with Crippen molar-refractivity contribution in [3.05, 3.63) is 36.6 Å². The van der Waals surface area contributed by atoms with Gasteiger partial charge in [-0.2, -0.15) is 0 Å². The first-order valence-corrected chi connectivity index (χ1v) is 3.65. The van der Waals surface area contributed by atoms with Crippen molar-refractivity contribution in [3.8, 4) is 0 Å². The standard InChI is InChI=1S/C9H9NO3/c1-2-7(11)6-4-3-5-13-8(6)9(10)12/h2-5,8H,1H2,(H2,10,12). The molecule has 4 nitrogen and oxygen atoms in total. The Morgan fingerprint density at radius 2 is 2.31 bits per heavy atom. The lowest BCUT2D eigenvalue weighted by atomic mass is 10.0. The molecule has 0 aromatic carbocycles. The molecule has 0 radical (unpaired) electrons. The molecule has 0 bridgehead atoms. The summed E-state index contributed by atoms with van der Waals surface area (Å²) >= 11 is 0. The molecular formula is C9H9NO3. The average Bonchev–Trinajstić information content (AvgIpc) is 2.16. The highest BCUT2D eigenvalue weighted by Gasteiger charge is 2.26. The Bertz CT molecular complexity index is 315. The molecule has 0 spiro atoms. The fraction of sp³-hybridized carbons (Fsp3) is 0.111. The lowest BCUT2D eigenvalue weighted by molar-refractivity contribution is -0.126. The summed E-state index contributed by atoms with van der Waals surface area (Å²) in [5.41, 5.74) is 5.24. The molecule has 1 aliphatic heterocycles. The molecule has 1 unspecified atom stereocenters. The van der Waals surface area contributed by atoms with E-state index in [1.165, 1.54) is 18.4 Å². The fourth-order valence-electron chi connectivity index (χ4n) is 0.977. The van der Waals surface area contributed by atoms with Gasteiger partial charge in [-0.05, 0) is 18.2 Å². The van der Waals surface area contributed by atoms with Gasteiger partial charge in [0.05, 0.1) is 6.26 Å². The van der Waals surface area contributed by atoms with Crippen molar-refractivity contribution in [2.75, 3.05) is 0 Å². The largest absolute Gasteiger partial charge is 0.483 e. The van der Waals surface area contributed by atoms with Gasteiger partial charge in [-0.1, -0.05) is 6.58 Å². The number of hydrogen-bond donors (Lipinski definition) is 1. The van der Waals surface area contributed by atoms with E-state index in [1.54, 1.807) is 0 Å². The first kappa shape index (κ1) is 9.25. The van der Waals surface area contributed by atoms with Gasteiger partial charge < -0.3 is 10.5 Å². The molecule has 0 saturated heterocycles. The number of ketones is 1. The van der Waals surface area contributed by atoms with E-state index < -0.39 is 12.0 Å². The highest BCUT2D eigenvalue weighted by Crippen LogP contribution is 2.13. The number of nitrogens with two attached hydrogens (primary N) is 1. The molecule has 4 heteroatoms. The van der Waals surface area contributed by atoms with Crippen LogP contribution < -0.4 is 5.73 Å². The molecule has 1 atom stereocenters. The Hall–Kier alpha value is -1.84. The van der Waals surface area contributed by atoms with Crippen molar-refractivity contribution in [2.24, 2.45) is 5.73 Å². The number of rotatable bonds is 3. The molecule has 0 fully saturated rings. The number of amides is 1. The van der Waals surface area contributed by atoms with Gasteiger partial charge in [-0.25, -0.2) is 0 Å². The minimum Gasteiger partial charge on any atom is -0.483 e. The molecule has 1 rings (SSSR count). The number of hydrogen-bond acceptors (Lipinski definition) is 3. The van der Waals surface area contributed by atoms with Gasteiger partial charge in [0.15, 0.2) is 5.78 Å². The van der Waals surface area contributed by atoms with Crippen molar-refractivity contribution in [1.82, 2.24) is 0 Å². The van der Waals surface area contributed by atoms with E-state index >= 15 is 0 Å². The Balaban J connectivity index is 2.95. The molecular weight excluding hydrogens is 170 g/mol. The van der Waals surface area contributed by atoms with Crippen LogP contribution in [-0.2, 0) is 14.3 Å². The maximum Gasteiger partial charge on any atom is 0.263 e. The predicted octanol–water partition coefficient (Wildman–Crippen LogP) is 0.0657. The van der Waals surface area contributed by atoms with Gasteiger partial charge in [0.2, 0.25) is 6.10 Å². The summed E-state index contributed by atoms with van der Waals surface area (Å²) in [6.07, 6.45) is 4.45. The zero-order chi connectivity index (χ0) is 9.84. The fourth-order valence-corrected chi connectivity index (χ4v) is 0.977. The summed E-state index contributed by atoms with van der Waals surface area (Å²) in [4.78, 5) is 22.0. The van der Waals surface area contributed by atoms with E-state index in [2.05, 4.69) is 6.58 Å². The Kier molecular flexibility index (Phi) is 2.64. The van der Waals surface area contributed by atoms with Crippen LogP contribution in [0.3, 0.4) is 0 Å². The number of ether oxygens (including phenoxy) is 1. The van der Waals surface area contributed by atoms with Crippen molar-refractivity contribution in [2.45, 2.75) is 6.10 Å². The van der Waals surface area contributed by atoms with Crippen LogP contribution in [0.15, 0.2) is 36.6 Å². The van der Waals surface area contributed by atoms with E-state index in [9.17, 15) is 9.59 Å². The summed E-state index contributed by atoms with van der Waals surface area (Å²) in [6, 6.07) is 0. The molecule has 1 amide bonds. The molecule has 0 aromatic rings. The number of primary amides is 1. The first-order valence-electron chi connectivity index (χ1n) is 3.65. The highest BCUT2D eigenvalue weighted by molar-refractivity contribution is 6.08. The van der Waals surface area contributed by atoms with Crippen LogP contribution in [0.25, 0.3) is 0 Å². The third-order valence-electron chi connectivity index (χ3n) is 1.58. The first-order chi connectivity index (χ1) is 6.16. The molecule has 13 heavy (non-hydrogen) atoms. The Morgan fingerprint density at radius 3 is 2.85 bits per heavy atom. The second-order valence-corrected chi connectivity index (χ2v) is 2.44. The van der Waals surface area contributed by atoms with Crippen LogP contribution in [0.5, 0.6) is 0 Å². The monoisotopic (exact) mass is 179 g/mol. The molecule has 0 aromatic heterocycles. The molecule has 1 aliphatic rings. The topological polar surface area (TPSA) is 69.4 Å². The van der Waals surface area contributed by atoms with Crippen LogP contribution >= 0.6 is 0 Å². The molecule has 0 saturated carbocycles. The van der Waals surface area contributed by atoms with E-state index in [4.69, 9.17) is 10.5 Å². The smallest absolute Gasteiger partial charge is 0.263 e. The second-order valence-electron chi connectivity index (χ2n) is 2.44. The Labute approximate surface area is 75.4 Å². The van der Waals surface area contributed by atoms with Gasteiger partial charge >= 0.3 is 0 Å². The van der Waals surface area contributed by atoms with E-state index in [1.807, 2.05) is 0 Å². The molecule has 1 heterocycles. The average molecular weight is 179 g/mol. The SMILES string of the molecule is C=CC(=O)C1=CC=COC1C(N)=O. The van der Waals surface area contributed by atoms with Gasteiger partial charge in [-0.15, -0.1) is 0 Å². The molecule has 0 aliphatic carbocycles. The summed E-state index contributed by atoms with van der Waals surface area (Å²) in [7, 11) is 0. The third-order valence-corrected chi connectivity index (χ3v) is 1.58. The van der Waals surface area contributed by atoms with Crippen LogP contribution in [0, 0.1) is 0 Å². The minimum atomic E-state index is -0.990. The van der Waals surface area contributed by atoms with E-state index in [0.717, 1.165) is 6.08 Å². The van der Waals surface area contributed by atoms with Crippen molar-refractivity contribution >= 4 is 11.7 Å². The number of allylic oxidation sites excluding steroid dienone is 3. The normalized spacial score (nSPS) is 20.0. The predicted molar refractivity (Wildman–Crippen MR) is 46.5 cm³/mol. The van der Waals surface area contributed by atoms with Crippen LogP contribution in [-0.4, -0.2) is 17.8 Å². The maximum atomic E-state index is 11.2. The second kappa shape index (κ2) is 3.71. The zero-order valence-corrected chi connectivity index (χ0v) is 6.90. The van der Waals surface area contributed by atoms with Crippen molar-refractivity contribution in [1.29, 1.82) is 0 Å². The molecule has 68 valence electrons. The number of carbonyl (C=O) groups is 2. The van der Waals surface area contributed by atoms with E-state index in [0.29, 0.717) is 0 Å². The van der Waals surface area contributed by atoms with Crippen molar-refractivity contribution in [3.63, 3.8) is 0 Å². The highest BCUT2D eigenvalue weighted by atomic mass is 16.5. The lowest BCUT2D eigenvalue weighted by Crippen LogP contribution is -2.35. The summed E-state index contributed by atoms with van der Waals surface area (Å²) < 4.78 is 4.88. The lowest BCUT2D eigenvalue weighted by Gasteiger charge is -2.17. The van der Waals surface area contributed by atoms with Crippen molar-refractivity contribution < 1.29 is 14.3 Å². The quantitative estimate of drug-likeness (QED) is 0.623. The third kappa shape index (κ3) is 1.84. The molecule has 2 N–H and O–H groups in total. The summed E-state index contributed by atoms with van der Waals surface area (Å²) in [6.45, 7) is 3.31. The summed E-state index contributed by atoms with van der Waals surface area (Å²) in [5, 5.41) is 0. The van der Waals surface area contributed by atoms with Crippen LogP contribution in [0.1, 0.15) is 0 Å². The maximum absolute atomic E-state index is 11.2. The Morgan fingerprint density at radius 1 is 1.62 bits per heavy atom. The van der Waals surface area contributed by atoms with Gasteiger partial charge in [0.1, 0.15) is 0 Å². The van der Waals surface area contributed by atoms with Gasteiger partial charge in [0.25, 0.3) is 5.91 Å². The van der Waals surface area contributed by atoms with E-state index in [-0.39, 0.29) is 11.4 Å².